The number of nitrogens with zero attached hydrogens (tertiary/aromatic N) is 1. The van der Waals surface area contributed by atoms with Crippen LogP contribution in [0.1, 0.15) is 5.56 Å². The number of anilines is 1. The highest BCUT2D eigenvalue weighted by Gasteiger charge is 2.31. The molecule has 1 heterocycles. The molecule has 1 aliphatic heterocycles. The van der Waals surface area contributed by atoms with Crippen LogP contribution in [0.25, 0.3) is 0 Å². The number of amides is 1. The fraction of sp³-hybridized carbons (Fsp3) is 0.562. The van der Waals surface area contributed by atoms with Gasteiger partial charge in [0.05, 0.1) is 24.4 Å². The average Bonchev–Trinajstić information content (AvgIpc) is 2.56. The summed E-state index contributed by atoms with van der Waals surface area (Å²) in [6.07, 6.45) is -4.50. The summed E-state index contributed by atoms with van der Waals surface area (Å²) in [6.45, 7) is 3.57. The number of rotatable bonds is 7. The standard InChI is InChI=1S/C16H22F3N3O3.2ClH/c1-24-8-9-25-14-3-2-12(16(17,18)19)10-13(14)21-15(23)11-22-6-4-20-5-7-22;;/h2-3,10,20H,4-9,11H2,1H3,(H,21,23);2*1H. The molecule has 0 aliphatic carbocycles. The molecule has 1 aromatic rings. The van der Waals surface area contributed by atoms with E-state index in [4.69, 9.17) is 9.47 Å². The van der Waals surface area contributed by atoms with Crippen LogP contribution in [0.3, 0.4) is 0 Å². The maximum absolute atomic E-state index is 12.9. The van der Waals surface area contributed by atoms with E-state index in [9.17, 15) is 18.0 Å². The van der Waals surface area contributed by atoms with E-state index in [-0.39, 0.29) is 61.9 Å². The first-order valence-corrected chi connectivity index (χ1v) is 7.96. The molecule has 0 aromatic heterocycles. The number of carbonyl (C=O) groups is 1. The number of hydrogen-bond donors (Lipinski definition) is 2. The topological polar surface area (TPSA) is 62.8 Å². The van der Waals surface area contributed by atoms with Crippen molar-refractivity contribution in [1.29, 1.82) is 0 Å². The first kappa shape index (κ1) is 25.7. The lowest BCUT2D eigenvalue weighted by Crippen LogP contribution is -2.46. The summed E-state index contributed by atoms with van der Waals surface area (Å²) < 4.78 is 49.0. The van der Waals surface area contributed by atoms with Crippen molar-refractivity contribution in [2.75, 3.05) is 58.4 Å². The molecule has 11 heteroatoms. The highest BCUT2D eigenvalue weighted by Crippen LogP contribution is 2.35. The number of nitrogens with one attached hydrogen (secondary N) is 2. The monoisotopic (exact) mass is 433 g/mol. The third-order valence-corrected chi connectivity index (χ3v) is 3.70. The van der Waals surface area contributed by atoms with Gasteiger partial charge in [0.15, 0.2) is 0 Å². The van der Waals surface area contributed by atoms with Gasteiger partial charge in [-0.2, -0.15) is 13.2 Å². The number of piperazine rings is 1. The molecule has 2 rings (SSSR count). The van der Waals surface area contributed by atoms with Gasteiger partial charge in [-0.05, 0) is 18.2 Å². The number of methoxy groups -OCH3 is 1. The summed E-state index contributed by atoms with van der Waals surface area (Å²) in [5.74, 6) is -0.198. The second kappa shape index (κ2) is 12.2. The van der Waals surface area contributed by atoms with Gasteiger partial charge in [-0.25, -0.2) is 0 Å². The van der Waals surface area contributed by atoms with Crippen molar-refractivity contribution in [2.24, 2.45) is 0 Å². The van der Waals surface area contributed by atoms with E-state index in [1.54, 1.807) is 0 Å². The fourth-order valence-electron chi connectivity index (χ4n) is 2.43. The SMILES string of the molecule is COCCOc1ccc(C(F)(F)F)cc1NC(=O)CN1CCNCC1.Cl.Cl. The van der Waals surface area contributed by atoms with Gasteiger partial charge in [-0.3, -0.25) is 9.69 Å². The lowest BCUT2D eigenvalue weighted by molar-refractivity contribution is -0.137. The summed E-state index contributed by atoms with van der Waals surface area (Å²) in [5, 5.41) is 5.70. The molecule has 2 N–H and O–H groups in total. The molecule has 0 unspecified atom stereocenters. The van der Waals surface area contributed by atoms with E-state index in [2.05, 4.69) is 10.6 Å². The van der Waals surface area contributed by atoms with E-state index >= 15 is 0 Å². The third-order valence-electron chi connectivity index (χ3n) is 3.70. The summed E-state index contributed by atoms with van der Waals surface area (Å²) in [4.78, 5) is 14.1. The Balaban J connectivity index is 0.00000338. The molecule has 1 aliphatic rings. The molecular formula is C16H24Cl2F3N3O3. The number of carbonyl (C=O) groups excluding carboxylic acids is 1. The molecule has 0 radical (unpaired) electrons. The van der Waals surface area contributed by atoms with E-state index in [0.29, 0.717) is 13.1 Å². The number of alkyl halides is 3. The fourth-order valence-corrected chi connectivity index (χ4v) is 2.43. The van der Waals surface area contributed by atoms with Crippen molar-refractivity contribution < 1.29 is 27.4 Å². The molecule has 1 saturated heterocycles. The van der Waals surface area contributed by atoms with Crippen molar-refractivity contribution in [2.45, 2.75) is 6.18 Å². The third kappa shape index (κ3) is 8.52. The summed E-state index contributed by atoms with van der Waals surface area (Å²) in [5.41, 5.74) is -0.838. The van der Waals surface area contributed by atoms with Crippen LogP contribution < -0.4 is 15.4 Å². The first-order chi connectivity index (χ1) is 11.9. The zero-order valence-corrected chi connectivity index (χ0v) is 16.4. The molecule has 0 saturated carbocycles. The molecule has 27 heavy (non-hydrogen) atoms. The van der Waals surface area contributed by atoms with Gasteiger partial charge < -0.3 is 20.1 Å². The van der Waals surface area contributed by atoms with Crippen LogP contribution in [0.4, 0.5) is 18.9 Å². The van der Waals surface area contributed by atoms with Crippen LogP contribution in [0.5, 0.6) is 5.75 Å². The highest BCUT2D eigenvalue weighted by molar-refractivity contribution is 5.93. The molecule has 1 amide bonds. The van der Waals surface area contributed by atoms with E-state index in [1.165, 1.54) is 13.2 Å². The van der Waals surface area contributed by atoms with Gasteiger partial charge in [0, 0.05) is 33.3 Å². The van der Waals surface area contributed by atoms with Crippen molar-refractivity contribution in [1.82, 2.24) is 10.2 Å². The molecule has 0 spiro atoms. The van der Waals surface area contributed by atoms with Crippen LogP contribution in [-0.4, -0.2) is 63.9 Å². The first-order valence-electron chi connectivity index (χ1n) is 7.96. The Bertz CT molecular complexity index is 586. The molecule has 0 bridgehead atoms. The Hall–Kier alpha value is -1.26. The minimum Gasteiger partial charge on any atom is -0.489 e. The Morgan fingerprint density at radius 2 is 1.89 bits per heavy atom. The van der Waals surface area contributed by atoms with Gasteiger partial charge in [-0.1, -0.05) is 0 Å². The number of ether oxygens (including phenoxy) is 2. The zero-order valence-electron chi connectivity index (χ0n) is 14.8. The Labute approximate surface area is 168 Å². The van der Waals surface area contributed by atoms with Crippen molar-refractivity contribution in [3.63, 3.8) is 0 Å². The van der Waals surface area contributed by atoms with Crippen molar-refractivity contribution in [3.05, 3.63) is 23.8 Å². The molecule has 156 valence electrons. The average molecular weight is 434 g/mol. The Kier molecular flexibility index (Phi) is 11.7. The molecular weight excluding hydrogens is 410 g/mol. The quantitative estimate of drug-likeness (QED) is 0.646. The normalized spacial score (nSPS) is 14.7. The van der Waals surface area contributed by atoms with E-state index < -0.39 is 11.7 Å². The predicted molar refractivity (Wildman–Crippen MR) is 101 cm³/mol. The summed E-state index contributed by atoms with van der Waals surface area (Å²) in [6, 6.07) is 3.02. The van der Waals surface area contributed by atoms with Crippen molar-refractivity contribution >= 4 is 36.4 Å². The lowest BCUT2D eigenvalue weighted by atomic mass is 10.1. The maximum Gasteiger partial charge on any atom is 0.416 e. The number of benzene rings is 1. The van der Waals surface area contributed by atoms with Gasteiger partial charge in [-0.15, -0.1) is 24.8 Å². The van der Waals surface area contributed by atoms with E-state index in [0.717, 1.165) is 25.2 Å². The Morgan fingerprint density at radius 1 is 1.22 bits per heavy atom. The largest absolute Gasteiger partial charge is 0.489 e. The number of halogens is 5. The Morgan fingerprint density at radius 3 is 2.48 bits per heavy atom. The summed E-state index contributed by atoms with van der Waals surface area (Å²) >= 11 is 0. The van der Waals surface area contributed by atoms with Crippen LogP contribution in [0, 0.1) is 0 Å². The number of hydrogen-bond acceptors (Lipinski definition) is 5. The minimum absolute atomic E-state index is 0. The van der Waals surface area contributed by atoms with Crippen LogP contribution >= 0.6 is 24.8 Å². The second-order valence-corrected chi connectivity index (χ2v) is 5.62. The maximum atomic E-state index is 12.9. The molecule has 1 fully saturated rings. The predicted octanol–water partition coefficient (Wildman–Crippen LogP) is 2.42. The van der Waals surface area contributed by atoms with Gasteiger partial charge in [0.2, 0.25) is 5.91 Å². The van der Waals surface area contributed by atoms with E-state index in [1.807, 2.05) is 4.90 Å². The minimum atomic E-state index is -4.50. The molecule has 6 nitrogen and oxygen atoms in total. The molecule has 1 aromatic carbocycles. The smallest absolute Gasteiger partial charge is 0.416 e. The van der Waals surface area contributed by atoms with Crippen LogP contribution in [-0.2, 0) is 15.7 Å². The van der Waals surface area contributed by atoms with Crippen molar-refractivity contribution in [3.8, 4) is 5.75 Å². The van der Waals surface area contributed by atoms with Gasteiger partial charge in [0.1, 0.15) is 12.4 Å². The highest BCUT2D eigenvalue weighted by atomic mass is 35.5. The van der Waals surface area contributed by atoms with Crippen LogP contribution in [0.15, 0.2) is 18.2 Å². The van der Waals surface area contributed by atoms with Gasteiger partial charge >= 0.3 is 6.18 Å². The van der Waals surface area contributed by atoms with Gasteiger partial charge in [0.25, 0.3) is 0 Å². The van der Waals surface area contributed by atoms with Crippen LogP contribution in [0.2, 0.25) is 0 Å². The lowest BCUT2D eigenvalue weighted by Gasteiger charge is -2.26. The second-order valence-electron chi connectivity index (χ2n) is 5.62. The zero-order chi connectivity index (χ0) is 18.3. The molecule has 0 atom stereocenters. The summed E-state index contributed by atoms with van der Waals surface area (Å²) in [7, 11) is 1.49.